The van der Waals surface area contributed by atoms with Gasteiger partial charge in [-0.25, -0.2) is 0 Å². The number of nitrogens with one attached hydrogen (secondary N) is 2. The summed E-state index contributed by atoms with van der Waals surface area (Å²) in [6, 6.07) is 7.14. The summed E-state index contributed by atoms with van der Waals surface area (Å²) in [5.41, 5.74) is 2.24. The van der Waals surface area contributed by atoms with Crippen LogP contribution in [0.4, 0.5) is 13.2 Å². The third-order valence-electron chi connectivity index (χ3n) is 3.91. The maximum Gasteiger partial charge on any atom is 0.416 e. The number of aromatic nitrogens is 2. The topological polar surface area (TPSA) is 54.2 Å². The van der Waals surface area contributed by atoms with Crippen molar-refractivity contribution in [3.63, 3.8) is 0 Å². The lowest BCUT2D eigenvalue weighted by Gasteiger charge is -2.13. The first kappa shape index (κ1) is 23.3. The average Bonchev–Trinajstić information content (AvgIpc) is 2.91. The summed E-state index contributed by atoms with van der Waals surface area (Å²) in [5.74, 6) is 0.610. The fraction of sp³-hybridized carbons (Fsp3) is 0.444. The van der Waals surface area contributed by atoms with E-state index < -0.39 is 11.7 Å². The van der Waals surface area contributed by atoms with E-state index in [1.165, 1.54) is 12.1 Å². The molecule has 0 fully saturated rings. The van der Waals surface area contributed by atoms with Gasteiger partial charge in [0.25, 0.3) is 0 Å². The van der Waals surface area contributed by atoms with Crippen LogP contribution < -0.4 is 10.6 Å². The van der Waals surface area contributed by atoms with Crippen LogP contribution in [0.15, 0.2) is 35.3 Å². The molecule has 1 heterocycles. The molecule has 0 saturated heterocycles. The highest BCUT2D eigenvalue weighted by atomic mass is 127. The summed E-state index contributed by atoms with van der Waals surface area (Å²) in [4.78, 5) is 4.12. The molecule has 0 unspecified atom stereocenters. The first-order valence-electron chi connectivity index (χ1n) is 8.41. The Balaban J connectivity index is 0.00000364. The smallest absolute Gasteiger partial charge is 0.356 e. The number of alkyl halides is 3. The van der Waals surface area contributed by atoms with Crippen LogP contribution in [0, 0.1) is 13.8 Å². The molecule has 2 N–H and O–H groups in total. The minimum Gasteiger partial charge on any atom is -0.356 e. The van der Waals surface area contributed by atoms with E-state index in [0.29, 0.717) is 19.0 Å². The summed E-state index contributed by atoms with van der Waals surface area (Å²) in [7, 11) is 1.66. The summed E-state index contributed by atoms with van der Waals surface area (Å²) in [6.45, 7) is 5.91. The lowest BCUT2D eigenvalue weighted by atomic mass is 10.1. The van der Waals surface area contributed by atoms with E-state index in [1.807, 2.05) is 24.6 Å². The van der Waals surface area contributed by atoms with Crippen molar-refractivity contribution in [3.8, 4) is 0 Å². The van der Waals surface area contributed by atoms with Crippen LogP contribution >= 0.6 is 24.0 Å². The molecule has 0 atom stereocenters. The van der Waals surface area contributed by atoms with Crippen LogP contribution in [-0.2, 0) is 19.3 Å². The zero-order valence-corrected chi connectivity index (χ0v) is 17.9. The molecule has 2 aromatic rings. The molecule has 0 bridgehead atoms. The molecule has 0 radical (unpaired) electrons. The number of guanidine groups is 1. The van der Waals surface area contributed by atoms with Gasteiger partial charge in [-0.1, -0.05) is 12.1 Å². The van der Waals surface area contributed by atoms with Crippen molar-refractivity contribution in [1.82, 2.24) is 20.4 Å². The maximum absolute atomic E-state index is 12.6. The van der Waals surface area contributed by atoms with Crippen LogP contribution in [0.3, 0.4) is 0 Å². The van der Waals surface area contributed by atoms with E-state index in [4.69, 9.17) is 0 Å². The lowest BCUT2D eigenvalue weighted by Crippen LogP contribution is -2.37. The second-order valence-corrected chi connectivity index (χ2v) is 6.05. The van der Waals surface area contributed by atoms with Crippen molar-refractivity contribution in [3.05, 3.63) is 52.8 Å². The molecule has 0 amide bonds. The van der Waals surface area contributed by atoms with E-state index in [-0.39, 0.29) is 24.0 Å². The van der Waals surface area contributed by atoms with Gasteiger partial charge in [0.2, 0.25) is 0 Å². The molecule has 0 aliphatic heterocycles. The molecule has 0 spiro atoms. The van der Waals surface area contributed by atoms with Gasteiger partial charge in [-0.05, 0) is 44.0 Å². The van der Waals surface area contributed by atoms with E-state index >= 15 is 0 Å². The molecule has 0 aliphatic rings. The number of benzene rings is 1. The van der Waals surface area contributed by atoms with Gasteiger partial charge in [0.1, 0.15) is 0 Å². The van der Waals surface area contributed by atoms with Gasteiger partial charge in [0, 0.05) is 32.4 Å². The Morgan fingerprint density at radius 1 is 1.15 bits per heavy atom. The molecule has 0 saturated carbocycles. The number of hydrogen-bond donors (Lipinski definition) is 2. The van der Waals surface area contributed by atoms with Gasteiger partial charge in [0.15, 0.2) is 5.96 Å². The van der Waals surface area contributed by atoms with Crippen molar-refractivity contribution < 1.29 is 13.2 Å². The molecule has 1 aromatic heterocycles. The number of aryl methyl sites for hydroxylation is 3. The molecule has 27 heavy (non-hydrogen) atoms. The molecule has 9 heteroatoms. The molecular weight excluding hydrogens is 470 g/mol. The highest BCUT2D eigenvalue weighted by Crippen LogP contribution is 2.28. The molecule has 1 aromatic carbocycles. The van der Waals surface area contributed by atoms with Crippen molar-refractivity contribution >= 4 is 29.9 Å². The fourth-order valence-corrected chi connectivity index (χ4v) is 2.55. The zero-order valence-electron chi connectivity index (χ0n) is 15.6. The number of aliphatic imine (C=N–C) groups is 1. The highest BCUT2D eigenvalue weighted by molar-refractivity contribution is 14.0. The van der Waals surface area contributed by atoms with Crippen LogP contribution in [0.2, 0.25) is 0 Å². The van der Waals surface area contributed by atoms with Gasteiger partial charge < -0.3 is 10.6 Å². The Kier molecular flexibility index (Phi) is 9.07. The Labute approximate surface area is 174 Å². The SMILES string of the molecule is CN=C(NCCCn1nc(C)cc1C)NCc1ccc(C(F)(F)F)cc1.I. The van der Waals surface area contributed by atoms with E-state index in [9.17, 15) is 13.2 Å². The number of hydrogen-bond acceptors (Lipinski definition) is 2. The van der Waals surface area contributed by atoms with Gasteiger partial charge >= 0.3 is 6.18 Å². The Hall–Kier alpha value is -1.78. The van der Waals surface area contributed by atoms with Crippen LogP contribution in [-0.4, -0.2) is 29.3 Å². The Morgan fingerprint density at radius 3 is 2.33 bits per heavy atom. The maximum atomic E-state index is 12.6. The molecule has 5 nitrogen and oxygen atoms in total. The first-order chi connectivity index (χ1) is 12.3. The standard InChI is InChI=1S/C18H24F3N5.HI/c1-13-11-14(2)26(25-13)10-4-9-23-17(22-3)24-12-15-5-7-16(8-6-15)18(19,20)21;/h5-8,11H,4,9-10,12H2,1-3H3,(H2,22,23,24);1H. The van der Waals surface area contributed by atoms with Crippen molar-refractivity contribution in [2.75, 3.05) is 13.6 Å². The molecule has 0 aliphatic carbocycles. The molecule has 150 valence electrons. The summed E-state index contributed by atoms with van der Waals surface area (Å²) in [6.07, 6.45) is -3.43. The summed E-state index contributed by atoms with van der Waals surface area (Å²) < 4.78 is 39.6. The Bertz CT molecular complexity index is 738. The minimum atomic E-state index is -4.31. The summed E-state index contributed by atoms with van der Waals surface area (Å²) >= 11 is 0. The zero-order chi connectivity index (χ0) is 19.2. The quantitative estimate of drug-likeness (QED) is 0.277. The normalized spacial score (nSPS) is 11.9. The van der Waals surface area contributed by atoms with Gasteiger partial charge in [-0.15, -0.1) is 24.0 Å². The largest absolute Gasteiger partial charge is 0.416 e. The van der Waals surface area contributed by atoms with Crippen LogP contribution in [0.5, 0.6) is 0 Å². The number of rotatable bonds is 6. The number of nitrogens with zero attached hydrogens (tertiary/aromatic N) is 3. The predicted molar refractivity (Wildman–Crippen MR) is 111 cm³/mol. The van der Waals surface area contributed by atoms with Gasteiger partial charge in [-0.3, -0.25) is 9.67 Å². The third-order valence-corrected chi connectivity index (χ3v) is 3.91. The van der Waals surface area contributed by atoms with Crippen LogP contribution in [0.25, 0.3) is 0 Å². The Morgan fingerprint density at radius 2 is 1.81 bits per heavy atom. The number of halogens is 4. The van der Waals surface area contributed by atoms with Gasteiger partial charge in [-0.2, -0.15) is 18.3 Å². The summed E-state index contributed by atoms with van der Waals surface area (Å²) in [5, 5.41) is 10.7. The van der Waals surface area contributed by atoms with Gasteiger partial charge in [0.05, 0.1) is 11.3 Å². The highest BCUT2D eigenvalue weighted by Gasteiger charge is 2.29. The van der Waals surface area contributed by atoms with E-state index in [0.717, 1.165) is 42.0 Å². The monoisotopic (exact) mass is 495 g/mol. The second kappa shape index (κ2) is 10.5. The van der Waals surface area contributed by atoms with Crippen molar-refractivity contribution in [2.24, 2.45) is 4.99 Å². The van der Waals surface area contributed by atoms with E-state index in [2.05, 4.69) is 20.7 Å². The average molecular weight is 495 g/mol. The lowest BCUT2D eigenvalue weighted by molar-refractivity contribution is -0.137. The van der Waals surface area contributed by atoms with Crippen LogP contribution in [0.1, 0.15) is 28.9 Å². The molecular formula is C18H25F3IN5. The van der Waals surface area contributed by atoms with Crippen molar-refractivity contribution in [2.45, 2.75) is 39.5 Å². The van der Waals surface area contributed by atoms with E-state index in [1.54, 1.807) is 7.05 Å². The molecule has 2 rings (SSSR count). The minimum absolute atomic E-state index is 0. The first-order valence-corrected chi connectivity index (χ1v) is 8.41. The third kappa shape index (κ3) is 7.39. The van der Waals surface area contributed by atoms with Crippen molar-refractivity contribution in [1.29, 1.82) is 0 Å². The predicted octanol–water partition coefficient (Wildman–Crippen LogP) is 3.89. The second-order valence-electron chi connectivity index (χ2n) is 6.05. The fourth-order valence-electron chi connectivity index (χ4n) is 2.55.